The zero-order valence-electron chi connectivity index (χ0n) is 14.4. The molecule has 1 aromatic carbocycles. The molecular weight excluding hydrogens is 415 g/mol. The highest BCUT2D eigenvalue weighted by molar-refractivity contribution is 9.10. The Morgan fingerprint density at radius 3 is 2.50 bits per heavy atom. The van der Waals surface area contributed by atoms with Crippen molar-refractivity contribution in [3.8, 4) is 11.5 Å². The minimum absolute atomic E-state index is 0. The molecule has 1 fully saturated rings. The van der Waals surface area contributed by atoms with Gasteiger partial charge in [0, 0.05) is 32.2 Å². The monoisotopic (exact) mass is 442 g/mol. The summed E-state index contributed by atoms with van der Waals surface area (Å²) in [6, 6.07) is 4.43. The lowest BCUT2D eigenvalue weighted by Gasteiger charge is -2.35. The Labute approximate surface area is 166 Å². The molecule has 0 aliphatic carbocycles. The average Bonchev–Trinajstić information content (AvgIpc) is 2.53. The van der Waals surface area contributed by atoms with Crippen LogP contribution in [0, 0.1) is 0 Å². The molecule has 2 N–H and O–H groups in total. The molecule has 2 rings (SSSR count). The Bertz CT molecular complexity index is 486. The number of piperazine rings is 1. The summed E-state index contributed by atoms with van der Waals surface area (Å²) < 4.78 is 6.30. The smallest absolute Gasteiger partial charge is 0.172 e. The van der Waals surface area contributed by atoms with Crippen LogP contribution in [0.1, 0.15) is 44.7 Å². The molecule has 0 unspecified atom stereocenters. The van der Waals surface area contributed by atoms with Gasteiger partial charge in [0.2, 0.25) is 0 Å². The van der Waals surface area contributed by atoms with Crippen molar-refractivity contribution in [2.75, 3.05) is 32.8 Å². The van der Waals surface area contributed by atoms with Crippen LogP contribution in [0.3, 0.4) is 0 Å². The lowest BCUT2D eigenvalue weighted by atomic mass is 9.98. The number of phenolic OH excluding ortho intramolecular Hbond substituents is 1. The number of halogens is 3. The number of ether oxygens (including phenoxy) is 1. The fourth-order valence-corrected chi connectivity index (χ4v) is 3.46. The summed E-state index contributed by atoms with van der Waals surface area (Å²) in [5.74, 6) is 0.767. The Kier molecular flexibility index (Phi) is 12.1. The van der Waals surface area contributed by atoms with Crippen LogP contribution >= 0.6 is 40.7 Å². The van der Waals surface area contributed by atoms with Crippen LogP contribution in [0.2, 0.25) is 0 Å². The van der Waals surface area contributed by atoms with E-state index in [0.29, 0.717) is 22.9 Å². The standard InChI is InChI=1S/C17H27BrN2O2.2ClH/c1-3-5-6-15(20-9-7-19-8-10-20)13-11-14(18)17(21)16(12-13)22-4-2;;/h11-12,15,19,21H,3-10H2,1-2H3;2*1H/t15-;;/m0../s1. The van der Waals surface area contributed by atoms with Crippen molar-refractivity contribution >= 4 is 40.7 Å². The minimum Gasteiger partial charge on any atom is -0.503 e. The molecule has 0 radical (unpaired) electrons. The van der Waals surface area contributed by atoms with E-state index < -0.39 is 0 Å². The Hall–Kier alpha value is -0.200. The van der Waals surface area contributed by atoms with Crippen molar-refractivity contribution in [2.45, 2.75) is 39.2 Å². The molecule has 1 aromatic rings. The van der Waals surface area contributed by atoms with Crippen LogP contribution in [0.5, 0.6) is 11.5 Å². The number of aromatic hydroxyl groups is 1. The van der Waals surface area contributed by atoms with Gasteiger partial charge in [-0.1, -0.05) is 19.8 Å². The van der Waals surface area contributed by atoms with Crippen molar-refractivity contribution in [1.82, 2.24) is 10.2 Å². The van der Waals surface area contributed by atoms with E-state index in [2.05, 4.69) is 33.1 Å². The summed E-state index contributed by atoms with van der Waals surface area (Å²) in [5.41, 5.74) is 1.23. The number of rotatable bonds is 7. The SMILES string of the molecule is CCCC[C@@H](c1cc(Br)c(O)c(OCC)c1)N1CCNCC1.Cl.Cl. The minimum atomic E-state index is 0. The van der Waals surface area contributed by atoms with Crippen molar-refractivity contribution in [3.63, 3.8) is 0 Å². The van der Waals surface area contributed by atoms with Crippen LogP contribution in [0.15, 0.2) is 16.6 Å². The van der Waals surface area contributed by atoms with Gasteiger partial charge < -0.3 is 15.2 Å². The normalized spacial score (nSPS) is 16.0. The first-order chi connectivity index (χ1) is 10.7. The molecule has 0 bridgehead atoms. The molecule has 1 atom stereocenters. The lowest BCUT2D eigenvalue weighted by molar-refractivity contribution is 0.162. The summed E-state index contributed by atoms with van der Waals surface area (Å²) >= 11 is 3.47. The quantitative estimate of drug-likeness (QED) is 0.649. The van der Waals surface area contributed by atoms with Crippen LogP contribution < -0.4 is 10.1 Å². The van der Waals surface area contributed by atoms with Gasteiger partial charge in [-0.3, -0.25) is 4.90 Å². The average molecular weight is 444 g/mol. The summed E-state index contributed by atoms with van der Waals surface area (Å²) in [6.45, 7) is 8.93. The Balaban J connectivity index is 0.00000264. The number of hydrogen-bond donors (Lipinski definition) is 2. The molecule has 140 valence electrons. The number of nitrogens with one attached hydrogen (secondary N) is 1. The zero-order chi connectivity index (χ0) is 15.9. The predicted octanol–water partition coefficient (Wildman–Crippen LogP) is 4.53. The molecular formula is C17H29BrCl2N2O2. The molecule has 1 aliphatic rings. The number of phenols is 1. The number of unbranched alkanes of at least 4 members (excludes halogenated alkanes) is 1. The van der Waals surface area contributed by atoms with E-state index in [1.807, 2.05) is 19.1 Å². The van der Waals surface area contributed by atoms with E-state index in [1.54, 1.807) is 0 Å². The Morgan fingerprint density at radius 2 is 1.92 bits per heavy atom. The fourth-order valence-electron chi connectivity index (χ4n) is 3.00. The van der Waals surface area contributed by atoms with Gasteiger partial charge in [0.15, 0.2) is 11.5 Å². The van der Waals surface area contributed by atoms with Gasteiger partial charge in [-0.15, -0.1) is 24.8 Å². The molecule has 0 aromatic heterocycles. The van der Waals surface area contributed by atoms with Crippen molar-refractivity contribution in [2.24, 2.45) is 0 Å². The molecule has 1 saturated heterocycles. The first kappa shape index (κ1) is 23.8. The first-order valence-electron chi connectivity index (χ1n) is 8.27. The number of hydrogen-bond acceptors (Lipinski definition) is 4. The summed E-state index contributed by atoms with van der Waals surface area (Å²) in [4.78, 5) is 2.54. The fraction of sp³-hybridized carbons (Fsp3) is 0.647. The highest BCUT2D eigenvalue weighted by Gasteiger charge is 2.23. The molecule has 24 heavy (non-hydrogen) atoms. The largest absolute Gasteiger partial charge is 0.503 e. The van der Waals surface area contributed by atoms with Gasteiger partial charge >= 0.3 is 0 Å². The van der Waals surface area contributed by atoms with Crippen LogP contribution in [-0.2, 0) is 0 Å². The predicted molar refractivity (Wildman–Crippen MR) is 108 cm³/mol. The topological polar surface area (TPSA) is 44.7 Å². The highest BCUT2D eigenvalue weighted by Crippen LogP contribution is 2.39. The maximum Gasteiger partial charge on any atom is 0.172 e. The van der Waals surface area contributed by atoms with E-state index in [-0.39, 0.29) is 30.6 Å². The third kappa shape index (κ3) is 6.26. The number of nitrogens with zero attached hydrogens (tertiary/aromatic N) is 1. The first-order valence-corrected chi connectivity index (χ1v) is 9.06. The van der Waals surface area contributed by atoms with E-state index in [4.69, 9.17) is 4.74 Å². The maximum atomic E-state index is 10.1. The second-order valence-electron chi connectivity index (χ2n) is 5.73. The van der Waals surface area contributed by atoms with E-state index in [9.17, 15) is 5.11 Å². The van der Waals surface area contributed by atoms with E-state index in [1.165, 1.54) is 18.4 Å². The van der Waals surface area contributed by atoms with Gasteiger partial charge in [0.05, 0.1) is 11.1 Å². The van der Waals surface area contributed by atoms with Crippen LogP contribution in [0.4, 0.5) is 0 Å². The molecule has 1 heterocycles. The third-order valence-corrected chi connectivity index (χ3v) is 4.76. The lowest BCUT2D eigenvalue weighted by Crippen LogP contribution is -2.45. The molecule has 7 heteroatoms. The Morgan fingerprint density at radius 1 is 1.25 bits per heavy atom. The van der Waals surface area contributed by atoms with Crippen LogP contribution in [-0.4, -0.2) is 42.8 Å². The molecule has 0 spiro atoms. The summed E-state index contributed by atoms with van der Waals surface area (Å²) in [7, 11) is 0. The molecule has 0 amide bonds. The van der Waals surface area contributed by atoms with Crippen molar-refractivity contribution in [1.29, 1.82) is 0 Å². The van der Waals surface area contributed by atoms with Crippen LogP contribution in [0.25, 0.3) is 0 Å². The maximum absolute atomic E-state index is 10.1. The van der Waals surface area contributed by atoms with Crippen molar-refractivity contribution in [3.05, 3.63) is 22.2 Å². The van der Waals surface area contributed by atoms with Crippen molar-refractivity contribution < 1.29 is 9.84 Å². The highest BCUT2D eigenvalue weighted by atomic mass is 79.9. The van der Waals surface area contributed by atoms with E-state index in [0.717, 1.165) is 32.6 Å². The van der Waals surface area contributed by atoms with Gasteiger partial charge in [-0.25, -0.2) is 0 Å². The van der Waals surface area contributed by atoms with Gasteiger partial charge in [-0.05, 0) is 47.0 Å². The molecule has 0 saturated carbocycles. The van der Waals surface area contributed by atoms with Gasteiger partial charge in [0.25, 0.3) is 0 Å². The van der Waals surface area contributed by atoms with Gasteiger partial charge in [0.1, 0.15) is 0 Å². The summed E-state index contributed by atoms with van der Waals surface area (Å²) in [6.07, 6.45) is 3.54. The zero-order valence-corrected chi connectivity index (χ0v) is 17.6. The second kappa shape index (κ2) is 12.2. The van der Waals surface area contributed by atoms with Gasteiger partial charge in [-0.2, -0.15) is 0 Å². The second-order valence-corrected chi connectivity index (χ2v) is 6.58. The third-order valence-electron chi connectivity index (χ3n) is 4.16. The van der Waals surface area contributed by atoms with E-state index >= 15 is 0 Å². The summed E-state index contributed by atoms with van der Waals surface area (Å²) in [5, 5.41) is 13.5. The molecule has 4 nitrogen and oxygen atoms in total. The molecule has 1 aliphatic heterocycles. The number of benzene rings is 1.